The van der Waals surface area contributed by atoms with Gasteiger partial charge in [-0.1, -0.05) is 25.1 Å². The fourth-order valence-corrected chi connectivity index (χ4v) is 4.08. The molecular weight excluding hydrogens is 533 g/mol. The van der Waals surface area contributed by atoms with Crippen LogP contribution in [-0.4, -0.2) is 28.8 Å². The molecule has 0 aliphatic heterocycles. The first-order chi connectivity index (χ1) is 15.2. The Morgan fingerprint density at radius 3 is 2.56 bits per heavy atom. The first kappa shape index (κ1) is 25.7. The van der Waals surface area contributed by atoms with Gasteiger partial charge in [-0.3, -0.25) is 0 Å². The molecule has 0 aliphatic rings. The molecule has 3 aromatic rings. The number of nitrogens with zero attached hydrogens (tertiary/aromatic N) is 4. The molecule has 0 unspecified atom stereocenters. The largest absolute Gasteiger partial charge is 0.382 e. The van der Waals surface area contributed by atoms with E-state index in [2.05, 4.69) is 52.8 Å². The molecule has 9 heteroatoms. The molecule has 0 atom stereocenters. The summed E-state index contributed by atoms with van der Waals surface area (Å²) in [7, 11) is 0. The first-order valence-electron chi connectivity index (χ1n) is 10.6. The number of aliphatic imine (C=N–C) groups is 1. The molecule has 2 heterocycles. The normalized spacial score (nSPS) is 11.0. The minimum absolute atomic E-state index is 0. The number of rotatable bonds is 9. The van der Waals surface area contributed by atoms with Crippen molar-refractivity contribution < 1.29 is 0 Å². The number of thiophene rings is 1. The molecule has 2 aromatic heterocycles. The Morgan fingerprint density at radius 1 is 1.16 bits per heavy atom. The maximum absolute atomic E-state index is 9.54. The summed E-state index contributed by atoms with van der Waals surface area (Å²) in [6.45, 7) is 6.40. The number of halogens is 1. The Labute approximate surface area is 210 Å². The average molecular weight is 564 g/mol. The number of para-hydroxylation sites is 1. The molecule has 0 amide bonds. The lowest BCUT2D eigenvalue weighted by Crippen LogP contribution is -2.37. The highest BCUT2D eigenvalue weighted by Crippen LogP contribution is 2.21. The second-order valence-corrected chi connectivity index (χ2v) is 8.27. The van der Waals surface area contributed by atoms with Crippen molar-refractivity contribution in [1.82, 2.24) is 20.4 Å². The highest BCUT2D eigenvalue weighted by molar-refractivity contribution is 14.0. The SMILES string of the molecule is CCNC(=NCc1ccc(CC)s1)NCCCc1nn(-c2ccccc2)c(N)c1C#N.I. The smallest absolute Gasteiger partial charge is 0.191 e. The Morgan fingerprint density at radius 2 is 1.91 bits per heavy atom. The molecule has 1 aromatic carbocycles. The Hall–Kier alpha value is -2.58. The van der Waals surface area contributed by atoms with E-state index in [-0.39, 0.29) is 24.0 Å². The van der Waals surface area contributed by atoms with Crippen LogP contribution in [0.1, 0.15) is 41.3 Å². The topological polar surface area (TPSA) is 104 Å². The highest BCUT2D eigenvalue weighted by atomic mass is 127. The van der Waals surface area contributed by atoms with E-state index in [0.29, 0.717) is 24.3 Å². The van der Waals surface area contributed by atoms with Crippen LogP contribution in [0.3, 0.4) is 0 Å². The van der Waals surface area contributed by atoms with Gasteiger partial charge in [0.25, 0.3) is 0 Å². The third-order valence-electron chi connectivity index (χ3n) is 4.79. The van der Waals surface area contributed by atoms with Gasteiger partial charge >= 0.3 is 0 Å². The lowest BCUT2D eigenvalue weighted by molar-refractivity contribution is 0.723. The van der Waals surface area contributed by atoms with Crippen molar-refractivity contribution in [3.05, 3.63) is 63.5 Å². The molecular formula is C23H30IN7S. The van der Waals surface area contributed by atoms with Crippen molar-refractivity contribution in [2.45, 2.75) is 39.7 Å². The highest BCUT2D eigenvalue weighted by Gasteiger charge is 2.16. The molecule has 170 valence electrons. The van der Waals surface area contributed by atoms with Crippen LogP contribution in [0, 0.1) is 11.3 Å². The van der Waals surface area contributed by atoms with Crippen LogP contribution in [0.5, 0.6) is 0 Å². The molecule has 4 N–H and O–H groups in total. The second kappa shape index (κ2) is 13.1. The summed E-state index contributed by atoms with van der Waals surface area (Å²) in [4.78, 5) is 7.32. The minimum atomic E-state index is 0. The number of aromatic nitrogens is 2. The van der Waals surface area contributed by atoms with E-state index in [4.69, 9.17) is 5.73 Å². The standard InChI is InChI=1S/C23H29N7S.HI/c1-3-18-12-13-19(31-18)16-28-23(26-4-2)27-14-8-11-21-20(15-24)22(25)30(29-21)17-9-6-5-7-10-17;/h5-7,9-10,12-13H,3-4,8,11,14,16,25H2,1-2H3,(H2,26,27,28);1H. The van der Waals surface area contributed by atoms with Gasteiger partial charge in [0.1, 0.15) is 17.5 Å². The predicted octanol–water partition coefficient (Wildman–Crippen LogP) is 4.26. The van der Waals surface area contributed by atoms with Crippen molar-refractivity contribution in [3.63, 3.8) is 0 Å². The van der Waals surface area contributed by atoms with Gasteiger partial charge in [-0.05, 0) is 50.5 Å². The van der Waals surface area contributed by atoms with Crippen LogP contribution in [0.2, 0.25) is 0 Å². The van der Waals surface area contributed by atoms with E-state index < -0.39 is 0 Å². The molecule has 7 nitrogen and oxygen atoms in total. The van der Waals surface area contributed by atoms with Crippen molar-refractivity contribution >= 4 is 47.1 Å². The molecule has 32 heavy (non-hydrogen) atoms. The summed E-state index contributed by atoms with van der Waals surface area (Å²) in [6, 6.07) is 16.2. The van der Waals surface area contributed by atoms with E-state index >= 15 is 0 Å². The van der Waals surface area contributed by atoms with Gasteiger partial charge in [-0.15, -0.1) is 35.3 Å². The maximum Gasteiger partial charge on any atom is 0.191 e. The molecule has 0 aliphatic carbocycles. The second-order valence-electron chi connectivity index (χ2n) is 7.01. The summed E-state index contributed by atoms with van der Waals surface area (Å²) in [5.41, 5.74) is 8.20. The van der Waals surface area contributed by atoms with Gasteiger partial charge in [0.15, 0.2) is 5.96 Å². The lowest BCUT2D eigenvalue weighted by Gasteiger charge is -2.10. The van der Waals surface area contributed by atoms with Crippen LogP contribution >= 0.6 is 35.3 Å². The van der Waals surface area contributed by atoms with Crippen molar-refractivity contribution in [1.29, 1.82) is 5.26 Å². The van der Waals surface area contributed by atoms with Crippen LogP contribution in [0.15, 0.2) is 47.5 Å². The predicted molar refractivity (Wildman–Crippen MR) is 143 cm³/mol. The Balaban J connectivity index is 0.00000363. The van der Waals surface area contributed by atoms with E-state index in [1.54, 1.807) is 4.68 Å². The zero-order valence-corrected chi connectivity index (χ0v) is 21.6. The number of nitriles is 1. The van der Waals surface area contributed by atoms with E-state index in [9.17, 15) is 5.26 Å². The molecule has 0 bridgehead atoms. The summed E-state index contributed by atoms with van der Waals surface area (Å²) in [5.74, 6) is 1.18. The fourth-order valence-electron chi connectivity index (χ4n) is 3.20. The van der Waals surface area contributed by atoms with Crippen LogP contribution in [0.4, 0.5) is 5.82 Å². The molecule has 0 saturated heterocycles. The van der Waals surface area contributed by atoms with Crippen LogP contribution in [-0.2, 0) is 19.4 Å². The quantitative estimate of drug-likeness (QED) is 0.156. The average Bonchev–Trinajstić information content (AvgIpc) is 3.39. The molecule has 0 radical (unpaired) electrons. The number of guanidine groups is 1. The number of nitrogen functional groups attached to an aromatic ring is 1. The number of nitrogens with two attached hydrogens (primary N) is 1. The van der Waals surface area contributed by atoms with E-state index in [0.717, 1.165) is 43.3 Å². The van der Waals surface area contributed by atoms with Gasteiger partial charge in [-0.25, -0.2) is 9.67 Å². The van der Waals surface area contributed by atoms with Crippen molar-refractivity contribution in [2.75, 3.05) is 18.8 Å². The molecule has 0 fully saturated rings. The number of nitrogens with one attached hydrogen (secondary N) is 2. The zero-order chi connectivity index (χ0) is 22.1. The molecule has 3 rings (SSSR count). The van der Waals surface area contributed by atoms with Gasteiger partial charge in [-0.2, -0.15) is 10.4 Å². The number of anilines is 1. The fraction of sp³-hybridized carbons (Fsp3) is 0.348. The molecule has 0 spiro atoms. The summed E-state index contributed by atoms with van der Waals surface area (Å²) < 4.78 is 1.64. The van der Waals surface area contributed by atoms with Gasteiger partial charge in [0.05, 0.1) is 17.9 Å². The number of hydrogen-bond donors (Lipinski definition) is 3. The van der Waals surface area contributed by atoms with Crippen molar-refractivity contribution in [2.24, 2.45) is 4.99 Å². The Bertz CT molecular complexity index is 1050. The lowest BCUT2D eigenvalue weighted by atomic mass is 10.1. The van der Waals surface area contributed by atoms with Gasteiger partial charge in [0.2, 0.25) is 0 Å². The van der Waals surface area contributed by atoms with Gasteiger partial charge < -0.3 is 16.4 Å². The Kier molecular flexibility index (Phi) is 10.5. The van der Waals surface area contributed by atoms with Crippen molar-refractivity contribution in [3.8, 4) is 11.8 Å². The third kappa shape index (κ3) is 6.71. The third-order valence-corrected chi connectivity index (χ3v) is 6.01. The summed E-state index contributed by atoms with van der Waals surface area (Å²) >= 11 is 1.81. The maximum atomic E-state index is 9.54. The zero-order valence-electron chi connectivity index (χ0n) is 18.5. The molecule has 0 saturated carbocycles. The van der Waals surface area contributed by atoms with Crippen LogP contribution in [0.25, 0.3) is 5.69 Å². The first-order valence-corrected chi connectivity index (χ1v) is 11.4. The van der Waals surface area contributed by atoms with E-state index in [1.165, 1.54) is 9.75 Å². The monoisotopic (exact) mass is 563 g/mol. The summed E-state index contributed by atoms with van der Waals surface area (Å²) in [5, 5.41) is 20.8. The van der Waals surface area contributed by atoms with Crippen LogP contribution < -0.4 is 16.4 Å². The number of hydrogen-bond acceptors (Lipinski definition) is 5. The number of benzene rings is 1. The van der Waals surface area contributed by atoms with E-state index in [1.807, 2.05) is 41.7 Å². The number of aryl methyl sites for hydroxylation is 2. The van der Waals surface area contributed by atoms with Gasteiger partial charge in [0, 0.05) is 22.8 Å². The summed E-state index contributed by atoms with van der Waals surface area (Å²) in [6.07, 6.45) is 2.52. The minimum Gasteiger partial charge on any atom is -0.382 e.